The minimum Gasteiger partial charge on any atom is -0.494 e. The van der Waals surface area contributed by atoms with E-state index in [4.69, 9.17) is 4.74 Å². The Morgan fingerprint density at radius 1 is 1.13 bits per heavy atom. The fraction of sp³-hybridized carbons (Fsp3) is 0.538. The van der Waals surface area contributed by atoms with E-state index in [1.807, 2.05) is 6.92 Å². The van der Waals surface area contributed by atoms with Crippen molar-refractivity contribution < 1.29 is 4.74 Å². The van der Waals surface area contributed by atoms with E-state index in [9.17, 15) is 0 Å². The molecule has 1 rings (SSSR count). The average Bonchev–Trinajstić information content (AvgIpc) is 2.25. The zero-order valence-corrected chi connectivity index (χ0v) is 10.2. The molecule has 2 nitrogen and oxygen atoms in total. The Labute approximate surface area is 92.9 Å². The van der Waals surface area contributed by atoms with Crippen LogP contribution in [0.5, 0.6) is 5.75 Å². The molecule has 0 aliphatic heterocycles. The summed E-state index contributed by atoms with van der Waals surface area (Å²) in [6.07, 6.45) is 0. The smallest absolute Gasteiger partial charge is 0.124 e. The molecular weight excluding hydrogens is 186 g/mol. The summed E-state index contributed by atoms with van der Waals surface area (Å²) in [5.74, 6) is 1.00. The van der Waals surface area contributed by atoms with Gasteiger partial charge in [-0.1, -0.05) is 6.07 Å². The lowest BCUT2D eigenvalue weighted by atomic mass is 10.2. The molecule has 0 fully saturated rings. The topological polar surface area (TPSA) is 12.5 Å². The van der Waals surface area contributed by atoms with Crippen LogP contribution in [0.4, 0.5) is 5.69 Å². The molecular formula is C13H21NO. The normalized spacial score (nSPS) is 10.1. The molecule has 0 unspecified atom stereocenters. The lowest BCUT2D eigenvalue weighted by Crippen LogP contribution is -2.21. The zero-order chi connectivity index (χ0) is 11.3. The van der Waals surface area contributed by atoms with Crippen molar-refractivity contribution in [2.24, 2.45) is 0 Å². The first kappa shape index (κ1) is 11.9. The summed E-state index contributed by atoms with van der Waals surface area (Å²) in [5, 5.41) is 0. The Balaban J connectivity index is 2.95. The van der Waals surface area contributed by atoms with Crippen LogP contribution in [0, 0.1) is 6.92 Å². The zero-order valence-electron chi connectivity index (χ0n) is 10.2. The van der Waals surface area contributed by atoms with Gasteiger partial charge >= 0.3 is 0 Å². The molecule has 0 saturated carbocycles. The fourth-order valence-corrected chi connectivity index (χ4v) is 1.69. The molecule has 0 bridgehead atoms. The van der Waals surface area contributed by atoms with Crippen molar-refractivity contribution in [1.82, 2.24) is 0 Å². The lowest BCUT2D eigenvalue weighted by molar-refractivity contribution is 0.338. The van der Waals surface area contributed by atoms with Crippen LogP contribution in [0.15, 0.2) is 18.2 Å². The van der Waals surface area contributed by atoms with E-state index in [1.165, 1.54) is 11.3 Å². The van der Waals surface area contributed by atoms with Gasteiger partial charge in [0.1, 0.15) is 5.75 Å². The first-order valence-electron chi connectivity index (χ1n) is 5.71. The molecule has 1 aromatic carbocycles. The lowest BCUT2D eigenvalue weighted by Gasteiger charge is -2.22. The summed E-state index contributed by atoms with van der Waals surface area (Å²) in [4.78, 5) is 2.32. The highest BCUT2D eigenvalue weighted by atomic mass is 16.5. The molecule has 0 radical (unpaired) electrons. The third-order valence-electron chi connectivity index (χ3n) is 2.60. The van der Waals surface area contributed by atoms with Crippen LogP contribution in [-0.2, 0) is 0 Å². The maximum Gasteiger partial charge on any atom is 0.124 e. The second kappa shape index (κ2) is 5.64. The van der Waals surface area contributed by atoms with Crippen molar-refractivity contribution in [1.29, 1.82) is 0 Å². The van der Waals surface area contributed by atoms with Gasteiger partial charge in [-0.05, 0) is 39.3 Å². The largest absolute Gasteiger partial charge is 0.494 e. The molecule has 0 saturated heterocycles. The number of hydrogen-bond donors (Lipinski definition) is 0. The number of rotatable bonds is 5. The monoisotopic (exact) mass is 207 g/mol. The van der Waals surface area contributed by atoms with Crippen molar-refractivity contribution in [2.75, 3.05) is 24.6 Å². The Kier molecular flexibility index (Phi) is 4.47. The molecule has 0 heterocycles. The summed E-state index contributed by atoms with van der Waals surface area (Å²) in [7, 11) is 0. The van der Waals surface area contributed by atoms with Gasteiger partial charge in [0.15, 0.2) is 0 Å². The van der Waals surface area contributed by atoms with E-state index < -0.39 is 0 Å². The predicted octanol–water partition coefficient (Wildman–Crippen LogP) is 3.24. The maximum atomic E-state index is 5.59. The van der Waals surface area contributed by atoms with Gasteiger partial charge in [0, 0.05) is 24.8 Å². The average molecular weight is 207 g/mol. The Morgan fingerprint density at radius 2 is 1.80 bits per heavy atom. The Bertz CT molecular complexity index is 305. The quantitative estimate of drug-likeness (QED) is 0.735. The first-order valence-corrected chi connectivity index (χ1v) is 5.71. The van der Waals surface area contributed by atoms with Crippen LogP contribution in [0.1, 0.15) is 26.3 Å². The molecule has 0 amide bonds. The van der Waals surface area contributed by atoms with E-state index in [1.54, 1.807) is 0 Å². The number of anilines is 1. The molecule has 84 valence electrons. The molecule has 0 atom stereocenters. The van der Waals surface area contributed by atoms with E-state index in [0.717, 1.165) is 25.4 Å². The van der Waals surface area contributed by atoms with Crippen molar-refractivity contribution >= 4 is 5.69 Å². The van der Waals surface area contributed by atoms with Crippen LogP contribution in [0.2, 0.25) is 0 Å². The van der Waals surface area contributed by atoms with Crippen LogP contribution >= 0.6 is 0 Å². The molecule has 15 heavy (non-hydrogen) atoms. The van der Waals surface area contributed by atoms with Gasteiger partial charge in [0.2, 0.25) is 0 Å². The van der Waals surface area contributed by atoms with Crippen molar-refractivity contribution in [3.63, 3.8) is 0 Å². The molecule has 1 aromatic rings. The van der Waals surface area contributed by atoms with Crippen molar-refractivity contribution in [3.8, 4) is 5.75 Å². The highest BCUT2D eigenvalue weighted by molar-refractivity contribution is 5.53. The molecule has 0 spiro atoms. The third kappa shape index (κ3) is 2.88. The van der Waals surface area contributed by atoms with Crippen LogP contribution in [0.25, 0.3) is 0 Å². The van der Waals surface area contributed by atoms with E-state index in [0.29, 0.717) is 0 Å². The minimum atomic E-state index is 0.725. The molecule has 0 aliphatic rings. The minimum absolute atomic E-state index is 0.725. The second-order valence-corrected chi connectivity index (χ2v) is 3.56. The van der Waals surface area contributed by atoms with Gasteiger partial charge in [-0.3, -0.25) is 0 Å². The number of aryl methyl sites for hydroxylation is 1. The predicted molar refractivity (Wildman–Crippen MR) is 65.9 cm³/mol. The van der Waals surface area contributed by atoms with Crippen LogP contribution in [0.3, 0.4) is 0 Å². The standard InChI is InChI=1S/C13H21NO/c1-5-14(6-2)12-9-8-11(4)13(10-12)15-7-3/h8-10H,5-7H2,1-4H3. The van der Waals surface area contributed by atoms with Gasteiger partial charge in [-0.15, -0.1) is 0 Å². The number of benzene rings is 1. The second-order valence-electron chi connectivity index (χ2n) is 3.56. The number of hydrogen-bond acceptors (Lipinski definition) is 2. The summed E-state index contributed by atoms with van der Waals surface area (Å²) in [6.45, 7) is 11.2. The summed E-state index contributed by atoms with van der Waals surface area (Å²) in [5.41, 5.74) is 2.45. The SMILES string of the molecule is CCOc1cc(N(CC)CC)ccc1C. The van der Waals surface area contributed by atoms with Crippen LogP contribution in [-0.4, -0.2) is 19.7 Å². The fourth-order valence-electron chi connectivity index (χ4n) is 1.69. The van der Waals surface area contributed by atoms with Crippen LogP contribution < -0.4 is 9.64 Å². The molecule has 0 aliphatic carbocycles. The molecule has 0 aromatic heterocycles. The van der Waals surface area contributed by atoms with Gasteiger partial charge in [0.25, 0.3) is 0 Å². The molecule has 0 N–H and O–H groups in total. The highest BCUT2D eigenvalue weighted by Gasteiger charge is 2.05. The Hall–Kier alpha value is -1.18. The summed E-state index contributed by atoms with van der Waals surface area (Å²) in [6, 6.07) is 6.41. The number of ether oxygens (including phenoxy) is 1. The van der Waals surface area contributed by atoms with Gasteiger partial charge < -0.3 is 9.64 Å². The summed E-state index contributed by atoms with van der Waals surface area (Å²) >= 11 is 0. The van der Waals surface area contributed by atoms with Gasteiger partial charge in [-0.2, -0.15) is 0 Å². The highest BCUT2D eigenvalue weighted by Crippen LogP contribution is 2.25. The van der Waals surface area contributed by atoms with Gasteiger partial charge in [-0.25, -0.2) is 0 Å². The Morgan fingerprint density at radius 3 is 2.33 bits per heavy atom. The first-order chi connectivity index (χ1) is 7.22. The van der Waals surface area contributed by atoms with Crippen molar-refractivity contribution in [2.45, 2.75) is 27.7 Å². The maximum absolute atomic E-state index is 5.59. The summed E-state index contributed by atoms with van der Waals surface area (Å²) < 4.78 is 5.59. The van der Waals surface area contributed by atoms with E-state index in [2.05, 4.69) is 43.9 Å². The molecule has 2 heteroatoms. The van der Waals surface area contributed by atoms with E-state index in [-0.39, 0.29) is 0 Å². The van der Waals surface area contributed by atoms with E-state index >= 15 is 0 Å². The van der Waals surface area contributed by atoms with Crippen molar-refractivity contribution in [3.05, 3.63) is 23.8 Å². The van der Waals surface area contributed by atoms with Gasteiger partial charge in [0.05, 0.1) is 6.61 Å². The third-order valence-corrected chi connectivity index (χ3v) is 2.60. The number of nitrogens with zero attached hydrogens (tertiary/aromatic N) is 1.